The van der Waals surface area contributed by atoms with E-state index in [2.05, 4.69) is 36.0 Å². The van der Waals surface area contributed by atoms with E-state index in [1.807, 2.05) is 12.1 Å². The van der Waals surface area contributed by atoms with Crippen LogP contribution in [0.4, 0.5) is 5.69 Å². The molecule has 1 N–H and O–H groups in total. The van der Waals surface area contributed by atoms with Gasteiger partial charge in [0.15, 0.2) is 0 Å². The topological polar surface area (TPSA) is 72.9 Å². The largest absolute Gasteiger partial charge is 0.648 e. The molecule has 2 unspecified atom stereocenters. The lowest BCUT2D eigenvalue weighted by molar-refractivity contribution is 0.295. The Morgan fingerprint density at radius 3 is 2.81 bits per heavy atom. The second-order valence-electron chi connectivity index (χ2n) is 6.71. The molecule has 8 heteroatoms. The number of hydrogen-bond acceptors (Lipinski definition) is 7. The van der Waals surface area contributed by atoms with Gasteiger partial charge in [0.2, 0.25) is 5.75 Å². The fourth-order valence-corrected chi connectivity index (χ4v) is 4.71. The zero-order valence-electron chi connectivity index (χ0n) is 15.3. The lowest BCUT2D eigenvalue weighted by Crippen LogP contribution is -2.25. The number of nitrogens with one attached hydrogen (secondary N) is 1. The van der Waals surface area contributed by atoms with Gasteiger partial charge in [0.1, 0.15) is 5.75 Å². The third-order valence-electron chi connectivity index (χ3n) is 4.91. The van der Waals surface area contributed by atoms with E-state index in [1.54, 1.807) is 6.07 Å². The quantitative estimate of drug-likeness (QED) is 0.682. The Labute approximate surface area is 153 Å². The van der Waals surface area contributed by atoms with Crippen LogP contribution in [0, 0.1) is 0 Å². The van der Waals surface area contributed by atoms with Gasteiger partial charge in [-0.1, -0.05) is 19.9 Å². The third kappa shape index (κ3) is 2.99. The zero-order valence-corrected chi connectivity index (χ0v) is 16.2. The maximum absolute atomic E-state index is 12.6. The predicted molar refractivity (Wildman–Crippen MR) is 101 cm³/mol. The molecule has 0 fully saturated rings. The first-order valence-corrected chi connectivity index (χ1v) is 10.6. The van der Waals surface area contributed by atoms with Gasteiger partial charge in [-0.15, -0.1) is 0 Å². The van der Waals surface area contributed by atoms with Crippen LogP contribution in [0.15, 0.2) is 18.2 Å². The normalized spacial score (nSPS) is 20.8. The van der Waals surface area contributed by atoms with Gasteiger partial charge in [-0.25, -0.2) is 4.98 Å². The van der Waals surface area contributed by atoms with Crippen molar-refractivity contribution in [3.05, 3.63) is 18.2 Å². The van der Waals surface area contributed by atoms with Crippen LogP contribution in [0.25, 0.3) is 10.9 Å². The van der Waals surface area contributed by atoms with Crippen LogP contribution < -0.4 is 18.9 Å². The minimum Gasteiger partial charge on any atom is -0.385 e. The highest BCUT2D eigenvalue weighted by atomic mass is 31.2. The van der Waals surface area contributed by atoms with Crippen molar-refractivity contribution < 1.29 is 18.1 Å². The van der Waals surface area contributed by atoms with Crippen molar-refractivity contribution in [1.29, 1.82) is 0 Å². The summed E-state index contributed by atoms with van der Waals surface area (Å²) in [5.41, 5.74) is 1.49. The predicted octanol–water partition coefficient (Wildman–Crippen LogP) is 4.43. The summed E-state index contributed by atoms with van der Waals surface area (Å²) >= 11 is 0. The Kier molecular flexibility index (Phi) is 4.45. The van der Waals surface area contributed by atoms with Gasteiger partial charge in [0.25, 0.3) is 5.88 Å². The van der Waals surface area contributed by atoms with Gasteiger partial charge in [0.05, 0.1) is 16.6 Å². The molecule has 140 valence electrons. The highest BCUT2D eigenvalue weighted by Crippen LogP contribution is 2.65. The Morgan fingerprint density at radius 1 is 1.23 bits per heavy atom. The SMILES string of the molecule is CCN(CC)CCCC(C)Nc1c2c3nc4cccc(c14)OP(=O)(O3)O2. The first-order chi connectivity index (χ1) is 12.5. The van der Waals surface area contributed by atoms with E-state index in [9.17, 15) is 4.57 Å². The molecule has 26 heavy (non-hydrogen) atoms. The van der Waals surface area contributed by atoms with Crippen molar-refractivity contribution in [3.63, 3.8) is 0 Å². The Morgan fingerprint density at radius 2 is 2.04 bits per heavy atom. The van der Waals surface area contributed by atoms with Crippen molar-refractivity contribution in [2.24, 2.45) is 0 Å². The molecule has 3 heterocycles. The van der Waals surface area contributed by atoms with Crippen molar-refractivity contribution in [2.75, 3.05) is 25.0 Å². The van der Waals surface area contributed by atoms with Crippen LogP contribution in [0.2, 0.25) is 0 Å². The van der Waals surface area contributed by atoms with Crippen LogP contribution in [0.1, 0.15) is 33.6 Å². The number of fused-ring (bicyclic) bond motifs is 1. The average molecular weight is 377 g/mol. The van der Waals surface area contributed by atoms with E-state index < -0.39 is 7.82 Å². The molecule has 0 saturated carbocycles. The molecular formula is C18H24N3O4P. The summed E-state index contributed by atoms with van der Waals surface area (Å²) in [4.78, 5) is 6.84. The lowest BCUT2D eigenvalue weighted by atomic mass is 10.1. The second kappa shape index (κ2) is 6.63. The molecule has 1 aromatic carbocycles. The summed E-state index contributed by atoms with van der Waals surface area (Å²) < 4.78 is 29.0. The minimum atomic E-state index is -3.67. The minimum absolute atomic E-state index is 0.218. The monoisotopic (exact) mass is 377 g/mol. The Hall–Kier alpha value is -1.98. The maximum Gasteiger partial charge on any atom is 0.648 e. The van der Waals surface area contributed by atoms with Crippen LogP contribution in [0.3, 0.4) is 0 Å². The fraction of sp³-hybridized carbons (Fsp3) is 0.500. The summed E-state index contributed by atoms with van der Waals surface area (Å²) in [5, 5.41) is 4.31. The van der Waals surface area contributed by atoms with Gasteiger partial charge >= 0.3 is 7.82 Å². The summed E-state index contributed by atoms with van der Waals surface area (Å²) in [6, 6.07) is 5.69. The molecule has 2 aliphatic rings. The molecule has 0 spiro atoms. The van der Waals surface area contributed by atoms with Crippen molar-refractivity contribution in [2.45, 2.75) is 39.7 Å². The second-order valence-corrected chi connectivity index (χ2v) is 8.15. The number of rotatable bonds is 8. The third-order valence-corrected chi connectivity index (χ3v) is 6.13. The van der Waals surface area contributed by atoms with E-state index in [4.69, 9.17) is 13.6 Å². The number of anilines is 1. The van der Waals surface area contributed by atoms with Crippen molar-refractivity contribution in [3.8, 4) is 17.4 Å². The molecule has 0 amide bonds. The highest BCUT2D eigenvalue weighted by Gasteiger charge is 2.47. The standard InChI is InChI=1S/C18H24N3O4P/c1-4-21(5-2)11-7-8-12(3)19-16-15-13-9-6-10-14(15)23-26(22)24-17(16)18(20-13)25-26/h6,9-10,12H,4-5,7-8,11H2,1-3H3,(H,19,20). The van der Waals surface area contributed by atoms with Gasteiger partial charge in [-0.3, -0.25) is 0 Å². The number of nitrogens with zero attached hydrogens (tertiary/aromatic N) is 2. The van der Waals surface area contributed by atoms with Crippen LogP contribution >= 0.6 is 7.82 Å². The van der Waals surface area contributed by atoms with Crippen LogP contribution in [0.5, 0.6) is 17.4 Å². The number of pyridine rings is 1. The van der Waals surface area contributed by atoms with Gasteiger partial charge in [-0.05, 0) is 51.5 Å². The molecule has 4 rings (SSSR count). The summed E-state index contributed by atoms with van der Waals surface area (Å²) in [6.45, 7) is 9.73. The van der Waals surface area contributed by atoms with Gasteiger partial charge < -0.3 is 23.8 Å². The van der Waals surface area contributed by atoms with Crippen LogP contribution in [-0.4, -0.2) is 35.6 Å². The molecule has 2 aromatic rings. The number of phosphoric acid groups is 1. The van der Waals surface area contributed by atoms with E-state index in [0.717, 1.165) is 49.1 Å². The molecule has 3 bridgehead atoms. The molecular weight excluding hydrogens is 353 g/mol. The smallest absolute Gasteiger partial charge is 0.385 e. The van der Waals surface area contributed by atoms with E-state index in [0.29, 0.717) is 11.5 Å². The molecule has 1 aromatic heterocycles. The number of hydrogen-bond donors (Lipinski definition) is 1. The molecule has 0 radical (unpaired) electrons. The highest BCUT2D eigenvalue weighted by molar-refractivity contribution is 7.50. The molecule has 2 atom stereocenters. The van der Waals surface area contributed by atoms with Crippen LogP contribution in [-0.2, 0) is 4.57 Å². The Bertz CT molecular complexity index is 884. The molecule has 7 nitrogen and oxygen atoms in total. The molecule has 2 aliphatic heterocycles. The molecule has 0 saturated heterocycles. The van der Waals surface area contributed by atoms with E-state index in [-0.39, 0.29) is 11.9 Å². The first-order valence-electron chi connectivity index (χ1n) is 9.17. The summed E-state index contributed by atoms with van der Waals surface area (Å²) in [6.07, 6.45) is 2.11. The summed E-state index contributed by atoms with van der Waals surface area (Å²) in [7, 11) is -3.67. The van der Waals surface area contributed by atoms with Gasteiger partial charge in [-0.2, -0.15) is 4.57 Å². The number of benzene rings is 1. The molecule has 0 aliphatic carbocycles. The van der Waals surface area contributed by atoms with Crippen molar-refractivity contribution in [1.82, 2.24) is 9.88 Å². The maximum atomic E-state index is 12.6. The first kappa shape index (κ1) is 17.4. The number of aromatic nitrogens is 1. The average Bonchev–Trinajstić information content (AvgIpc) is 2.88. The zero-order chi connectivity index (χ0) is 18.3. The van der Waals surface area contributed by atoms with E-state index in [1.165, 1.54) is 0 Å². The fourth-order valence-electron chi connectivity index (χ4n) is 3.48. The Balaban J connectivity index is 1.59. The summed E-state index contributed by atoms with van der Waals surface area (Å²) in [5.74, 6) is 1.10. The van der Waals surface area contributed by atoms with Gasteiger partial charge in [0, 0.05) is 6.04 Å². The van der Waals surface area contributed by atoms with Crippen molar-refractivity contribution >= 4 is 24.4 Å². The lowest BCUT2D eigenvalue weighted by Gasteiger charge is -2.21. The number of phosphoric ester groups is 1. The van der Waals surface area contributed by atoms with E-state index >= 15 is 0 Å².